The van der Waals surface area contributed by atoms with E-state index in [0.717, 1.165) is 5.69 Å². The highest BCUT2D eigenvalue weighted by atomic mass is 79.9. The molecule has 6 nitrogen and oxygen atoms in total. The van der Waals surface area contributed by atoms with Crippen molar-refractivity contribution in [1.82, 2.24) is 5.32 Å². The van der Waals surface area contributed by atoms with E-state index in [1.165, 1.54) is 17.8 Å². The van der Waals surface area contributed by atoms with Crippen molar-refractivity contribution in [2.45, 2.75) is 0 Å². The van der Waals surface area contributed by atoms with Crippen molar-refractivity contribution < 1.29 is 9.72 Å². The first-order chi connectivity index (χ1) is 11.5. The molecule has 0 unspecified atom stereocenters. The summed E-state index contributed by atoms with van der Waals surface area (Å²) in [5.74, 6) is -0.278. The Balaban J connectivity index is 1.87. The standard InChI is InChI=1S/C16H10BrN3O3S/c17-12-7-6-10(8-13(12)20(22)23)9-14-15(21)19-16(24-14)18-11-4-2-1-3-5-11/h1-9H,(H,18,19,21)/b14-9-. The van der Waals surface area contributed by atoms with Gasteiger partial charge in [-0.1, -0.05) is 24.3 Å². The number of carbonyl (C=O) groups excluding carboxylic acids is 1. The van der Waals surface area contributed by atoms with Crippen LogP contribution in [0.1, 0.15) is 5.56 Å². The molecule has 2 aromatic carbocycles. The van der Waals surface area contributed by atoms with Crippen LogP contribution < -0.4 is 5.32 Å². The molecule has 2 aromatic rings. The van der Waals surface area contributed by atoms with E-state index in [-0.39, 0.29) is 11.6 Å². The summed E-state index contributed by atoms with van der Waals surface area (Å²) in [7, 11) is 0. The molecule has 1 amide bonds. The van der Waals surface area contributed by atoms with E-state index in [4.69, 9.17) is 0 Å². The lowest BCUT2D eigenvalue weighted by atomic mass is 10.2. The van der Waals surface area contributed by atoms with Crippen molar-refractivity contribution in [2.24, 2.45) is 4.99 Å². The molecule has 120 valence electrons. The number of carbonyl (C=O) groups is 1. The summed E-state index contributed by atoms with van der Waals surface area (Å²) in [5.41, 5.74) is 1.26. The summed E-state index contributed by atoms with van der Waals surface area (Å²) in [5, 5.41) is 14.1. The van der Waals surface area contributed by atoms with Gasteiger partial charge in [-0.2, -0.15) is 0 Å². The Morgan fingerprint density at radius 1 is 1.21 bits per heavy atom. The predicted molar refractivity (Wildman–Crippen MR) is 98.0 cm³/mol. The Labute approximate surface area is 150 Å². The number of amides is 1. The molecule has 0 aliphatic carbocycles. The van der Waals surface area contributed by atoms with Crippen molar-refractivity contribution in [1.29, 1.82) is 0 Å². The molecule has 1 saturated heterocycles. The molecular formula is C16H10BrN3O3S. The summed E-state index contributed by atoms with van der Waals surface area (Å²) in [6.45, 7) is 0. The van der Waals surface area contributed by atoms with Crippen LogP contribution in [0.25, 0.3) is 6.08 Å². The number of para-hydroxylation sites is 1. The third-order valence-electron chi connectivity index (χ3n) is 3.10. The van der Waals surface area contributed by atoms with Gasteiger partial charge in [0.2, 0.25) is 0 Å². The number of hydrogen-bond acceptors (Lipinski definition) is 5. The molecule has 3 rings (SSSR count). The third kappa shape index (κ3) is 3.72. The summed E-state index contributed by atoms with van der Waals surface area (Å²) in [4.78, 5) is 27.3. The minimum Gasteiger partial charge on any atom is -0.300 e. The van der Waals surface area contributed by atoms with Crippen LogP contribution in [0, 0.1) is 10.1 Å². The minimum absolute atomic E-state index is 0.0501. The molecule has 0 bridgehead atoms. The van der Waals surface area contributed by atoms with Crippen LogP contribution in [0.4, 0.5) is 11.4 Å². The molecule has 0 aromatic heterocycles. The van der Waals surface area contributed by atoms with Crippen molar-refractivity contribution >= 4 is 56.2 Å². The quantitative estimate of drug-likeness (QED) is 0.471. The number of thioether (sulfide) groups is 1. The van der Waals surface area contributed by atoms with Crippen molar-refractivity contribution in [2.75, 3.05) is 0 Å². The number of nitro groups is 1. The first kappa shape index (κ1) is 16.4. The van der Waals surface area contributed by atoms with Crippen LogP contribution in [-0.4, -0.2) is 16.0 Å². The highest BCUT2D eigenvalue weighted by Gasteiger charge is 2.24. The lowest BCUT2D eigenvalue weighted by Gasteiger charge is -1.98. The lowest BCUT2D eigenvalue weighted by molar-refractivity contribution is -0.385. The fraction of sp³-hybridized carbons (Fsp3) is 0. The van der Waals surface area contributed by atoms with Gasteiger partial charge in [0.1, 0.15) is 0 Å². The molecule has 1 N–H and O–H groups in total. The first-order valence-electron chi connectivity index (χ1n) is 6.81. The zero-order valence-corrected chi connectivity index (χ0v) is 14.5. The Bertz CT molecular complexity index is 881. The van der Waals surface area contributed by atoms with E-state index in [1.807, 2.05) is 30.3 Å². The van der Waals surface area contributed by atoms with Crippen molar-refractivity contribution in [3.05, 3.63) is 73.6 Å². The molecule has 0 atom stereocenters. The number of hydrogen-bond donors (Lipinski definition) is 1. The van der Waals surface area contributed by atoms with E-state index in [1.54, 1.807) is 18.2 Å². The average molecular weight is 404 g/mol. The van der Waals surface area contributed by atoms with Crippen LogP contribution in [0.2, 0.25) is 0 Å². The fourth-order valence-electron chi connectivity index (χ4n) is 2.01. The van der Waals surface area contributed by atoms with Gasteiger partial charge in [-0.05, 0) is 57.5 Å². The number of benzene rings is 2. The van der Waals surface area contributed by atoms with E-state index >= 15 is 0 Å². The molecule has 1 aliphatic heterocycles. The third-order valence-corrected chi connectivity index (χ3v) is 4.68. The number of nitrogens with zero attached hydrogens (tertiary/aromatic N) is 2. The molecule has 1 fully saturated rings. The maximum absolute atomic E-state index is 12.0. The molecule has 0 spiro atoms. The van der Waals surface area contributed by atoms with Gasteiger partial charge >= 0.3 is 0 Å². The van der Waals surface area contributed by atoms with E-state index in [0.29, 0.717) is 20.1 Å². The Morgan fingerprint density at radius 2 is 1.96 bits per heavy atom. The summed E-state index contributed by atoms with van der Waals surface area (Å²) in [6.07, 6.45) is 1.60. The second-order valence-corrected chi connectivity index (χ2v) is 6.67. The smallest absolute Gasteiger partial charge is 0.284 e. The van der Waals surface area contributed by atoms with Gasteiger partial charge in [-0.15, -0.1) is 0 Å². The van der Waals surface area contributed by atoms with Crippen LogP contribution >= 0.6 is 27.7 Å². The van der Waals surface area contributed by atoms with Crippen molar-refractivity contribution in [3.8, 4) is 0 Å². The predicted octanol–water partition coefficient (Wildman–Crippen LogP) is 4.25. The number of aliphatic imine (C=N–C) groups is 1. The summed E-state index contributed by atoms with van der Waals surface area (Å²) >= 11 is 4.33. The number of nitro benzene ring substituents is 1. The Kier molecular flexibility index (Phi) is 4.77. The maximum Gasteiger partial charge on any atom is 0.284 e. The molecule has 24 heavy (non-hydrogen) atoms. The molecular weight excluding hydrogens is 394 g/mol. The highest BCUT2D eigenvalue weighted by molar-refractivity contribution is 9.10. The largest absolute Gasteiger partial charge is 0.300 e. The van der Waals surface area contributed by atoms with Gasteiger partial charge in [0, 0.05) is 6.07 Å². The van der Waals surface area contributed by atoms with Crippen molar-refractivity contribution in [3.63, 3.8) is 0 Å². The number of rotatable bonds is 3. The average Bonchev–Trinajstić information content (AvgIpc) is 2.89. The van der Waals surface area contributed by atoms with Gasteiger partial charge in [0.05, 0.1) is 20.0 Å². The van der Waals surface area contributed by atoms with E-state index < -0.39 is 4.92 Å². The van der Waals surface area contributed by atoms with Crippen LogP contribution in [0.3, 0.4) is 0 Å². The Hall–Kier alpha value is -2.45. The normalized spacial score (nSPS) is 17.3. The van der Waals surface area contributed by atoms with Gasteiger partial charge in [0.25, 0.3) is 11.6 Å². The number of nitrogens with one attached hydrogen (secondary N) is 1. The lowest BCUT2D eigenvalue weighted by Crippen LogP contribution is -2.19. The molecule has 1 aliphatic rings. The minimum atomic E-state index is -0.476. The Morgan fingerprint density at radius 3 is 2.67 bits per heavy atom. The summed E-state index contributed by atoms with van der Waals surface area (Å²) in [6, 6.07) is 14.0. The van der Waals surface area contributed by atoms with Crippen LogP contribution in [0.5, 0.6) is 0 Å². The van der Waals surface area contributed by atoms with E-state index in [2.05, 4.69) is 26.2 Å². The fourth-order valence-corrected chi connectivity index (χ4v) is 3.24. The van der Waals surface area contributed by atoms with Crippen LogP contribution in [-0.2, 0) is 4.79 Å². The zero-order valence-electron chi connectivity index (χ0n) is 12.1. The topological polar surface area (TPSA) is 84.6 Å². The monoisotopic (exact) mass is 403 g/mol. The molecule has 0 saturated carbocycles. The SMILES string of the molecule is O=C1NC(=Nc2ccccc2)S/C1=C\c1ccc(Br)c([N+](=O)[O-])c1. The van der Waals surface area contributed by atoms with Gasteiger partial charge in [-0.25, -0.2) is 4.99 Å². The molecule has 1 heterocycles. The van der Waals surface area contributed by atoms with Crippen LogP contribution in [0.15, 0.2) is 62.9 Å². The number of halogens is 1. The molecule has 8 heteroatoms. The summed E-state index contributed by atoms with van der Waals surface area (Å²) < 4.78 is 0.393. The second kappa shape index (κ2) is 6.98. The second-order valence-electron chi connectivity index (χ2n) is 4.79. The number of amidine groups is 1. The maximum atomic E-state index is 12.0. The van der Waals surface area contributed by atoms with Gasteiger partial charge in [-0.3, -0.25) is 14.9 Å². The molecule has 0 radical (unpaired) electrons. The van der Waals surface area contributed by atoms with E-state index in [9.17, 15) is 14.9 Å². The van der Waals surface area contributed by atoms with Gasteiger partial charge < -0.3 is 5.32 Å². The zero-order chi connectivity index (χ0) is 17.1. The van der Waals surface area contributed by atoms with Gasteiger partial charge in [0.15, 0.2) is 5.17 Å². The first-order valence-corrected chi connectivity index (χ1v) is 8.42. The highest BCUT2D eigenvalue weighted by Crippen LogP contribution is 2.31.